The van der Waals surface area contributed by atoms with Crippen LogP contribution in [-0.2, 0) is 9.53 Å². The van der Waals surface area contributed by atoms with Gasteiger partial charge in [0.2, 0.25) is 0 Å². The summed E-state index contributed by atoms with van der Waals surface area (Å²) in [7, 11) is 0. The van der Waals surface area contributed by atoms with E-state index in [-0.39, 0.29) is 24.8 Å². The number of nitrogens with one attached hydrogen (secondary N) is 1. The summed E-state index contributed by atoms with van der Waals surface area (Å²) in [5.74, 6) is -0.194. The predicted molar refractivity (Wildman–Crippen MR) is 82.3 cm³/mol. The first-order valence-electron chi connectivity index (χ1n) is 7.83. The third-order valence-corrected chi connectivity index (χ3v) is 4.03. The standard InChI is InChI=1S/C17H23NO4/c1-2-22-15(19)10-11-18-17(21)14-8-6-13(7-9-14)16(20)12-4-3-5-12/h6-9,12,16,20H,2-5,10-11H2,1H3,(H,18,21)/t16-/m0/s1. The van der Waals surface area contributed by atoms with Crippen molar-refractivity contribution in [1.29, 1.82) is 0 Å². The number of amides is 1. The van der Waals surface area contributed by atoms with Gasteiger partial charge in [0.25, 0.3) is 5.91 Å². The van der Waals surface area contributed by atoms with Crippen LogP contribution in [0.25, 0.3) is 0 Å². The molecule has 22 heavy (non-hydrogen) atoms. The molecule has 1 aromatic carbocycles. The Morgan fingerprint density at radius 3 is 2.55 bits per heavy atom. The van der Waals surface area contributed by atoms with Crippen LogP contribution < -0.4 is 5.32 Å². The third-order valence-electron chi connectivity index (χ3n) is 4.03. The summed E-state index contributed by atoms with van der Waals surface area (Å²) in [5, 5.41) is 12.9. The molecule has 0 aliphatic heterocycles. The number of carbonyl (C=O) groups is 2. The Morgan fingerprint density at radius 1 is 1.32 bits per heavy atom. The predicted octanol–water partition coefficient (Wildman–Crippen LogP) is 2.20. The maximum absolute atomic E-state index is 11.9. The lowest BCUT2D eigenvalue weighted by Gasteiger charge is -2.30. The van der Waals surface area contributed by atoms with Gasteiger partial charge in [-0.2, -0.15) is 0 Å². The molecule has 1 aliphatic rings. The highest BCUT2D eigenvalue weighted by molar-refractivity contribution is 5.94. The fourth-order valence-electron chi connectivity index (χ4n) is 2.47. The molecule has 0 aromatic heterocycles. The first-order chi connectivity index (χ1) is 10.6. The van der Waals surface area contributed by atoms with Crippen LogP contribution in [0.4, 0.5) is 0 Å². The molecule has 1 aliphatic carbocycles. The Morgan fingerprint density at radius 2 is 2.00 bits per heavy atom. The molecule has 1 saturated carbocycles. The third kappa shape index (κ3) is 4.31. The van der Waals surface area contributed by atoms with Crippen molar-refractivity contribution >= 4 is 11.9 Å². The van der Waals surface area contributed by atoms with Crippen molar-refractivity contribution in [2.45, 2.75) is 38.7 Å². The quantitative estimate of drug-likeness (QED) is 0.757. The zero-order valence-electron chi connectivity index (χ0n) is 12.9. The fraction of sp³-hybridized carbons (Fsp3) is 0.529. The number of hydrogen-bond acceptors (Lipinski definition) is 4. The van der Waals surface area contributed by atoms with Gasteiger partial charge >= 0.3 is 5.97 Å². The van der Waals surface area contributed by atoms with Crippen molar-refractivity contribution in [2.24, 2.45) is 5.92 Å². The van der Waals surface area contributed by atoms with Crippen molar-refractivity contribution in [2.75, 3.05) is 13.2 Å². The molecule has 5 heteroatoms. The second-order valence-corrected chi connectivity index (χ2v) is 5.57. The molecule has 5 nitrogen and oxygen atoms in total. The fourth-order valence-corrected chi connectivity index (χ4v) is 2.47. The summed E-state index contributed by atoms with van der Waals surface area (Å²) in [6.07, 6.45) is 3.05. The van der Waals surface area contributed by atoms with Crippen LogP contribution in [0.5, 0.6) is 0 Å². The van der Waals surface area contributed by atoms with E-state index in [1.165, 1.54) is 6.42 Å². The van der Waals surface area contributed by atoms with Gasteiger partial charge in [0.1, 0.15) is 0 Å². The molecule has 0 heterocycles. The highest BCUT2D eigenvalue weighted by atomic mass is 16.5. The Hall–Kier alpha value is -1.88. The molecule has 1 amide bonds. The van der Waals surface area contributed by atoms with Crippen LogP contribution >= 0.6 is 0 Å². The second kappa shape index (κ2) is 7.94. The molecule has 0 spiro atoms. The molecule has 0 radical (unpaired) electrons. The van der Waals surface area contributed by atoms with Crippen LogP contribution in [0, 0.1) is 5.92 Å². The number of rotatable bonds is 7. The Balaban J connectivity index is 1.81. The Kier molecular flexibility index (Phi) is 5.95. The minimum absolute atomic E-state index is 0.165. The maximum Gasteiger partial charge on any atom is 0.307 e. The van der Waals surface area contributed by atoms with Gasteiger partial charge in [-0.15, -0.1) is 0 Å². The van der Waals surface area contributed by atoms with E-state index >= 15 is 0 Å². The molecule has 0 bridgehead atoms. The summed E-state index contributed by atoms with van der Waals surface area (Å²) >= 11 is 0. The number of esters is 1. The number of benzene rings is 1. The molecule has 2 rings (SSSR count). The van der Waals surface area contributed by atoms with E-state index in [9.17, 15) is 14.7 Å². The highest BCUT2D eigenvalue weighted by Gasteiger charge is 2.26. The van der Waals surface area contributed by atoms with E-state index in [2.05, 4.69) is 5.32 Å². The van der Waals surface area contributed by atoms with Crippen molar-refractivity contribution in [1.82, 2.24) is 5.32 Å². The van der Waals surface area contributed by atoms with Gasteiger partial charge in [-0.1, -0.05) is 18.6 Å². The first-order valence-corrected chi connectivity index (χ1v) is 7.83. The van der Waals surface area contributed by atoms with E-state index in [1.807, 2.05) is 0 Å². The number of carbonyl (C=O) groups excluding carboxylic acids is 2. The zero-order valence-corrected chi connectivity index (χ0v) is 12.9. The minimum Gasteiger partial charge on any atom is -0.466 e. The molecule has 1 aromatic rings. The molecular formula is C17H23NO4. The average molecular weight is 305 g/mol. The summed E-state index contributed by atoms with van der Waals surface area (Å²) in [5.41, 5.74) is 1.38. The van der Waals surface area contributed by atoms with Crippen LogP contribution in [-0.4, -0.2) is 30.1 Å². The van der Waals surface area contributed by atoms with E-state index in [4.69, 9.17) is 4.74 Å². The molecule has 0 unspecified atom stereocenters. The Labute approximate surface area is 130 Å². The monoisotopic (exact) mass is 305 g/mol. The lowest BCUT2D eigenvalue weighted by molar-refractivity contribution is -0.142. The summed E-state index contributed by atoms with van der Waals surface area (Å²) in [6.45, 7) is 2.34. The molecule has 2 N–H and O–H groups in total. The smallest absolute Gasteiger partial charge is 0.307 e. The van der Waals surface area contributed by atoms with Crippen molar-refractivity contribution in [3.8, 4) is 0 Å². The van der Waals surface area contributed by atoms with Gasteiger partial charge in [0.15, 0.2) is 0 Å². The average Bonchev–Trinajstić information content (AvgIpc) is 2.45. The van der Waals surface area contributed by atoms with Gasteiger partial charge in [-0.25, -0.2) is 0 Å². The maximum atomic E-state index is 11.9. The van der Waals surface area contributed by atoms with Crippen LogP contribution in [0.1, 0.15) is 54.6 Å². The molecule has 1 atom stereocenters. The lowest BCUT2D eigenvalue weighted by Crippen LogP contribution is -2.26. The van der Waals surface area contributed by atoms with E-state index in [0.29, 0.717) is 18.1 Å². The molecule has 0 saturated heterocycles. The van der Waals surface area contributed by atoms with Crippen LogP contribution in [0.3, 0.4) is 0 Å². The highest BCUT2D eigenvalue weighted by Crippen LogP contribution is 2.37. The van der Waals surface area contributed by atoms with Gasteiger partial charge in [-0.05, 0) is 43.4 Å². The summed E-state index contributed by atoms with van der Waals surface area (Å²) in [4.78, 5) is 23.1. The lowest BCUT2D eigenvalue weighted by atomic mass is 9.79. The van der Waals surface area contributed by atoms with E-state index in [1.54, 1.807) is 31.2 Å². The van der Waals surface area contributed by atoms with Crippen molar-refractivity contribution in [3.63, 3.8) is 0 Å². The van der Waals surface area contributed by atoms with E-state index in [0.717, 1.165) is 18.4 Å². The van der Waals surface area contributed by atoms with Gasteiger partial charge < -0.3 is 15.2 Å². The van der Waals surface area contributed by atoms with Crippen molar-refractivity contribution in [3.05, 3.63) is 35.4 Å². The van der Waals surface area contributed by atoms with Crippen LogP contribution in [0.2, 0.25) is 0 Å². The van der Waals surface area contributed by atoms with Gasteiger partial charge in [-0.3, -0.25) is 9.59 Å². The summed E-state index contributed by atoms with van der Waals surface area (Å²) in [6, 6.07) is 7.00. The normalized spacial score (nSPS) is 15.7. The van der Waals surface area contributed by atoms with Crippen molar-refractivity contribution < 1.29 is 19.4 Å². The topological polar surface area (TPSA) is 75.6 Å². The second-order valence-electron chi connectivity index (χ2n) is 5.57. The first kappa shape index (κ1) is 16.5. The van der Waals surface area contributed by atoms with Crippen LogP contribution in [0.15, 0.2) is 24.3 Å². The number of aliphatic hydroxyl groups excluding tert-OH is 1. The van der Waals surface area contributed by atoms with Gasteiger partial charge in [0.05, 0.1) is 19.1 Å². The SMILES string of the molecule is CCOC(=O)CCNC(=O)c1ccc([C@@H](O)C2CCC2)cc1. The minimum atomic E-state index is -0.435. The van der Waals surface area contributed by atoms with Gasteiger partial charge in [0, 0.05) is 12.1 Å². The Bertz CT molecular complexity index is 508. The molecular weight excluding hydrogens is 282 g/mol. The largest absolute Gasteiger partial charge is 0.466 e. The zero-order chi connectivity index (χ0) is 15.9. The summed E-state index contributed by atoms with van der Waals surface area (Å²) < 4.78 is 4.79. The number of aliphatic hydroxyl groups is 1. The number of hydrogen-bond donors (Lipinski definition) is 2. The molecule has 120 valence electrons. The number of ether oxygens (including phenoxy) is 1. The van der Waals surface area contributed by atoms with E-state index < -0.39 is 6.10 Å². The molecule has 1 fully saturated rings.